The van der Waals surface area contributed by atoms with Crippen molar-refractivity contribution >= 4 is 23.2 Å². The van der Waals surface area contributed by atoms with Gasteiger partial charge < -0.3 is 9.47 Å². The zero-order chi connectivity index (χ0) is 25.5. The first-order chi connectivity index (χ1) is 18.0. The second kappa shape index (κ2) is 10.5. The van der Waals surface area contributed by atoms with Gasteiger partial charge in [-0.1, -0.05) is 66.7 Å². The molecule has 1 aliphatic carbocycles. The number of aromatic nitrogens is 1. The summed E-state index contributed by atoms with van der Waals surface area (Å²) in [6.07, 6.45) is 12.3. The van der Waals surface area contributed by atoms with E-state index in [0.717, 1.165) is 34.4 Å². The number of hydrogen-bond donors (Lipinski definition) is 0. The number of likely N-dealkylation sites (tertiary alicyclic amines) is 1. The molecule has 0 N–H and O–H groups in total. The number of fused-ring (bicyclic) bond motifs is 3. The van der Waals surface area contributed by atoms with Gasteiger partial charge in [0.25, 0.3) is 0 Å². The first kappa shape index (κ1) is 25.1. The molecule has 2 aliphatic heterocycles. The van der Waals surface area contributed by atoms with Crippen LogP contribution in [0.5, 0.6) is 0 Å². The van der Waals surface area contributed by atoms with Crippen LogP contribution < -0.4 is 0 Å². The largest absolute Gasteiger partial charge is 0.375 e. The van der Waals surface area contributed by atoms with Gasteiger partial charge in [-0.15, -0.1) is 0 Å². The Morgan fingerprint density at radius 3 is 2.54 bits per heavy atom. The highest BCUT2D eigenvalue weighted by molar-refractivity contribution is 6.32. The minimum Gasteiger partial charge on any atom is -0.375 e. The number of halogens is 2. The second-order valence-electron chi connectivity index (χ2n) is 11.4. The summed E-state index contributed by atoms with van der Waals surface area (Å²) in [4.78, 5) is 2.76. The third-order valence-electron chi connectivity index (χ3n) is 8.98. The molecule has 37 heavy (non-hydrogen) atoms. The Bertz CT molecular complexity index is 1310. The maximum absolute atomic E-state index is 6.99. The van der Waals surface area contributed by atoms with E-state index < -0.39 is 0 Å². The fourth-order valence-electron chi connectivity index (χ4n) is 6.91. The Morgan fingerprint density at radius 1 is 0.973 bits per heavy atom. The van der Waals surface area contributed by atoms with Gasteiger partial charge in [0, 0.05) is 58.2 Å². The molecule has 1 saturated carbocycles. The van der Waals surface area contributed by atoms with Crippen LogP contribution in [0, 0.1) is 12.8 Å². The number of allylic oxidation sites excluding steroid dienone is 2. The van der Waals surface area contributed by atoms with Crippen molar-refractivity contribution in [2.75, 3.05) is 13.1 Å². The Labute approximate surface area is 232 Å². The summed E-state index contributed by atoms with van der Waals surface area (Å²) < 4.78 is 2.42. The number of hydrogen-bond acceptors (Lipinski definition) is 1. The van der Waals surface area contributed by atoms with Gasteiger partial charge in [-0.05, 0) is 98.4 Å². The zero-order valence-electron chi connectivity index (χ0n) is 22.1. The van der Waals surface area contributed by atoms with Gasteiger partial charge in [-0.3, -0.25) is 0 Å². The van der Waals surface area contributed by atoms with Gasteiger partial charge in [0.1, 0.15) is 0 Å². The fourth-order valence-corrected chi connectivity index (χ4v) is 7.34. The van der Waals surface area contributed by atoms with E-state index in [0.29, 0.717) is 5.92 Å². The Kier molecular flexibility index (Phi) is 7.16. The molecule has 6 rings (SSSR count). The van der Waals surface area contributed by atoms with E-state index in [9.17, 15) is 0 Å². The van der Waals surface area contributed by atoms with Crippen LogP contribution in [0.2, 0.25) is 10.0 Å². The molecule has 3 heterocycles. The third-order valence-corrected chi connectivity index (χ3v) is 9.73. The average Bonchev–Trinajstić information content (AvgIpc) is 3.65. The lowest BCUT2D eigenvalue weighted by Crippen LogP contribution is -2.34. The van der Waals surface area contributed by atoms with Crippen molar-refractivity contribution in [3.63, 3.8) is 0 Å². The number of piperidine rings is 1. The summed E-state index contributed by atoms with van der Waals surface area (Å²) >= 11 is 13.6. The summed E-state index contributed by atoms with van der Waals surface area (Å²) in [7, 11) is 0. The highest BCUT2D eigenvalue weighted by Gasteiger charge is 2.34. The molecule has 3 aliphatic rings. The number of benzene rings is 2. The fraction of sp³-hybridized carbons (Fsp3) is 0.455. The number of nitrogens with zero attached hydrogens (tertiary/aromatic N) is 2. The van der Waals surface area contributed by atoms with Crippen LogP contribution in [0.1, 0.15) is 92.5 Å². The molecule has 2 unspecified atom stereocenters. The topological polar surface area (TPSA) is 8.17 Å². The van der Waals surface area contributed by atoms with Crippen LogP contribution >= 0.6 is 23.2 Å². The molecule has 2 fully saturated rings. The van der Waals surface area contributed by atoms with Crippen molar-refractivity contribution < 1.29 is 0 Å². The van der Waals surface area contributed by atoms with E-state index in [1.54, 1.807) is 11.3 Å². The summed E-state index contributed by atoms with van der Waals surface area (Å²) in [5.74, 6) is 1.53. The van der Waals surface area contributed by atoms with Gasteiger partial charge in [-0.25, -0.2) is 0 Å². The minimum atomic E-state index is 0.201. The zero-order valence-corrected chi connectivity index (χ0v) is 23.7. The smallest absolute Gasteiger partial charge is 0.0491 e. The van der Waals surface area contributed by atoms with E-state index in [1.807, 2.05) is 6.07 Å². The summed E-state index contributed by atoms with van der Waals surface area (Å²) in [6.45, 7) is 6.88. The minimum absolute atomic E-state index is 0.201. The Hall–Kier alpha value is -2.16. The van der Waals surface area contributed by atoms with Gasteiger partial charge in [-0.2, -0.15) is 0 Å². The third kappa shape index (κ3) is 5.00. The van der Waals surface area contributed by atoms with Gasteiger partial charge in [0.15, 0.2) is 0 Å². The molecular formula is C33H38Cl2N2. The van der Waals surface area contributed by atoms with E-state index in [4.69, 9.17) is 23.2 Å². The molecule has 2 atom stereocenters. The van der Waals surface area contributed by atoms with Crippen molar-refractivity contribution in [3.05, 3.63) is 98.4 Å². The predicted molar refractivity (Wildman–Crippen MR) is 156 cm³/mol. The van der Waals surface area contributed by atoms with E-state index in [2.05, 4.69) is 72.0 Å². The SMILES string of the molecule is CCCC1CCN(C(CC2CC(c3cccc(C)c3Cl)c3cc(Cl)ccc3-n3cccc32)=C2CC2)CC1. The second-order valence-corrected chi connectivity index (χ2v) is 12.3. The highest BCUT2D eigenvalue weighted by Crippen LogP contribution is 2.48. The van der Waals surface area contributed by atoms with Crippen LogP contribution in [0.3, 0.4) is 0 Å². The summed E-state index contributed by atoms with van der Waals surface area (Å²) in [5, 5.41) is 1.68. The van der Waals surface area contributed by atoms with Crippen LogP contribution in [0.4, 0.5) is 0 Å². The average molecular weight is 534 g/mol. The van der Waals surface area contributed by atoms with Crippen LogP contribution in [0.25, 0.3) is 5.69 Å². The van der Waals surface area contributed by atoms with Crippen LogP contribution in [-0.2, 0) is 0 Å². The quantitative estimate of drug-likeness (QED) is 0.306. The van der Waals surface area contributed by atoms with Gasteiger partial charge in [0.05, 0.1) is 0 Å². The van der Waals surface area contributed by atoms with Crippen molar-refractivity contribution in [2.45, 2.75) is 77.0 Å². The van der Waals surface area contributed by atoms with E-state index >= 15 is 0 Å². The molecule has 1 aromatic heterocycles. The summed E-state index contributed by atoms with van der Waals surface area (Å²) in [5.41, 5.74) is 9.62. The van der Waals surface area contributed by atoms with Crippen LogP contribution in [-0.4, -0.2) is 22.6 Å². The number of rotatable bonds is 6. The predicted octanol–water partition coefficient (Wildman–Crippen LogP) is 9.66. The van der Waals surface area contributed by atoms with Crippen molar-refractivity contribution in [1.29, 1.82) is 0 Å². The molecule has 2 aromatic carbocycles. The van der Waals surface area contributed by atoms with E-state index in [1.165, 1.54) is 74.1 Å². The highest BCUT2D eigenvalue weighted by atomic mass is 35.5. The Morgan fingerprint density at radius 2 is 1.78 bits per heavy atom. The molecule has 4 heteroatoms. The lowest BCUT2D eigenvalue weighted by atomic mass is 9.80. The maximum atomic E-state index is 6.99. The standard InChI is InChI=1S/C33H38Cl2N2/c1-3-6-23-14-17-36(18-15-23)32(24-10-11-24)20-25-19-28(27-8-4-7-22(2)33(27)35)29-21-26(34)12-13-31(29)37-16-5-9-30(25)37/h4-5,7-9,12-13,16,21,23,25,28H,3,6,10-11,14-15,17-20H2,1-2H3. The monoisotopic (exact) mass is 532 g/mol. The molecule has 0 spiro atoms. The van der Waals surface area contributed by atoms with Crippen molar-refractivity contribution in [2.24, 2.45) is 5.92 Å². The molecule has 0 bridgehead atoms. The first-order valence-corrected chi connectivity index (χ1v) is 15.0. The molecule has 0 amide bonds. The van der Waals surface area contributed by atoms with Gasteiger partial charge in [0.2, 0.25) is 0 Å². The normalized spacial score (nSPS) is 21.4. The molecule has 2 nitrogen and oxygen atoms in total. The first-order valence-electron chi connectivity index (χ1n) is 14.2. The van der Waals surface area contributed by atoms with Gasteiger partial charge >= 0.3 is 0 Å². The van der Waals surface area contributed by atoms with Crippen LogP contribution in [0.15, 0.2) is 66.0 Å². The lowest BCUT2D eigenvalue weighted by molar-refractivity contribution is 0.209. The number of aryl methyl sites for hydroxylation is 1. The van der Waals surface area contributed by atoms with Crippen molar-refractivity contribution in [1.82, 2.24) is 9.47 Å². The molecule has 1 saturated heterocycles. The molecule has 3 aromatic rings. The Balaban J connectivity index is 1.38. The molecular weight excluding hydrogens is 495 g/mol. The lowest BCUT2D eigenvalue weighted by Gasteiger charge is -2.37. The summed E-state index contributed by atoms with van der Waals surface area (Å²) in [6, 6.07) is 17.4. The molecule has 0 radical (unpaired) electrons. The molecule has 194 valence electrons. The van der Waals surface area contributed by atoms with Crippen molar-refractivity contribution in [3.8, 4) is 5.69 Å². The van der Waals surface area contributed by atoms with E-state index in [-0.39, 0.29) is 5.92 Å². The maximum Gasteiger partial charge on any atom is 0.0491 e.